The van der Waals surface area contributed by atoms with E-state index in [2.05, 4.69) is 18.0 Å². The SMILES string of the molecule is Cc1ccncc1C(N)C1Cc2ccccc2O1. The van der Waals surface area contributed by atoms with E-state index in [0.717, 1.165) is 23.3 Å². The number of fused-ring (bicyclic) bond motifs is 1. The number of hydrogen-bond donors (Lipinski definition) is 1. The van der Waals surface area contributed by atoms with Crippen LogP contribution in [0.2, 0.25) is 0 Å². The van der Waals surface area contributed by atoms with Crippen molar-refractivity contribution in [3.05, 3.63) is 59.4 Å². The van der Waals surface area contributed by atoms with Crippen LogP contribution in [0.25, 0.3) is 0 Å². The van der Waals surface area contributed by atoms with Gasteiger partial charge in [0, 0.05) is 18.8 Å². The van der Waals surface area contributed by atoms with Crippen LogP contribution in [-0.4, -0.2) is 11.1 Å². The van der Waals surface area contributed by atoms with Crippen molar-refractivity contribution < 1.29 is 4.74 Å². The molecule has 0 saturated carbocycles. The predicted octanol–water partition coefficient (Wildman–Crippen LogP) is 2.39. The van der Waals surface area contributed by atoms with Crippen molar-refractivity contribution in [1.29, 1.82) is 0 Å². The zero-order valence-electron chi connectivity index (χ0n) is 10.3. The highest BCUT2D eigenvalue weighted by atomic mass is 16.5. The second kappa shape index (κ2) is 4.42. The summed E-state index contributed by atoms with van der Waals surface area (Å²) < 4.78 is 5.93. The maximum Gasteiger partial charge on any atom is 0.123 e. The van der Waals surface area contributed by atoms with Gasteiger partial charge in [-0.2, -0.15) is 0 Å². The third kappa shape index (κ3) is 1.87. The van der Waals surface area contributed by atoms with Crippen molar-refractivity contribution in [2.24, 2.45) is 5.73 Å². The third-order valence-corrected chi connectivity index (χ3v) is 3.51. The lowest BCUT2D eigenvalue weighted by molar-refractivity contribution is 0.199. The summed E-state index contributed by atoms with van der Waals surface area (Å²) in [5.41, 5.74) is 9.78. The van der Waals surface area contributed by atoms with Gasteiger partial charge in [-0.1, -0.05) is 18.2 Å². The maximum absolute atomic E-state index is 6.32. The standard InChI is InChI=1S/C15H16N2O/c1-10-6-7-17-9-12(10)15(16)14-8-11-4-2-3-5-13(11)18-14/h2-7,9,14-15H,8,16H2,1H3. The van der Waals surface area contributed by atoms with Crippen LogP contribution in [0.1, 0.15) is 22.7 Å². The number of aromatic nitrogens is 1. The summed E-state index contributed by atoms with van der Waals surface area (Å²) in [7, 11) is 0. The molecule has 0 amide bonds. The van der Waals surface area contributed by atoms with Crippen LogP contribution in [0.15, 0.2) is 42.7 Å². The largest absolute Gasteiger partial charge is 0.488 e. The van der Waals surface area contributed by atoms with Crippen molar-refractivity contribution >= 4 is 0 Å². The van der Waals surface area contributed by atoms with E-state index in [4.69, 9.17) is 10.5 Å². The molecule has 0 fully saturated rings. The molecule has 1 aliphatic heterocycles. The summed E-state index contributed by atoms with van der Waals surface area (Å²) in [6, 6.07) is 9.97. The van der Waals surface area contributed by atoms with Crippen LogP contribution in [0.4, 0.5) is 0 Å². The first-order valence-corrected chi connectivity index (χ1v) is 6.16. The molecule has 2 unspecified atom stereocenters. The van der Waals surface area contributed by atoms with E-state index in [1.165, 1.54) is 5.56 Å². The zero-order valence-corrected chi connectivity index (χ0v) is 10.3. The number of aryl methyl sites for hydroxylation is 1. The molecule has 3 rings (SSSR count). The fraction of sp³-hybridized carbons (Fsp3) is 0.267. The Morgan fingerprint density at radius 3 is 2.94 bits per heavy atom. The van der Waals surface area contributed by atoms with Gasteiger partial charge >= 0.3 is 0 Å². The molecule has 0 saturated heterocycles. The Bertz CT molecular complexity index is 543. The Labute approximate surface area is 107 Å². The summed E-state index contributed by atoms with van der Waals surface area (Å²) in [6.07, 6.45) is 4.50. The van der Waals surface area contributed by atoms with Crippen molar-refractivity contribution in [3.8, 4) is 5.75 Å². The van der Waals surface area contributed by atoms with E-state index < -0.39 is 0 Å². The summed E-state index contributed by atoms with van der Waals surface area (Å²) in [4.78, 5) is 4.15. The average Bonchev–Trinajstić information content (AvgIpc) is 2.82. The van der Waals surface area contributed by atoms with Crippen LogP contribution in [0.5, 0.6) is 5.75 Å². The molecule has 0 spiro atoms. The molecular formula is C15H16N2O. The number of para-hydroxylation sites is 1. The van der Waals surface area contributed by atoms with E-state index in [9.17, 15) is 0 Å². The third-order valence-electron chi connectivity index (χ3n) is 3.51. The highest BCUT2D eigenvalue weighted by molar-refractivity contribution is 5.39. The maximum atomic E-state index is 6.32. The van der Waals surface area contributed by atoms with Crippen molar-refractivity contribution in [3.63, 3.8) is 0 Å². The molecule has 1 aromatic carbocycles. The van der Waals surface area contributed by atoms with Crippen molar-refractivity contribution in [2.45, 2.75) is 25.5 Å². The van der Waals surface area contributed by atoms with Gasteiger partial charge in [-0.3, -0.25) is 4.98 Å². The van der Waals surface area contributed by atoms with E-state index in [1.807, 2.05) is 30.5 Å². The number of benzene rings is 1. The molecule has 2 N–H and O–H groups in total. The number of nitrogens with two attached hydrogens (primary N) is 1. The fourth-order valence-corrected chi connectivity index (χ4v) is 2.43. The number of pyridine rings is 1. The summed E-state index contributed by atoms with van der Waals surface area (Å²) in [6.45, 7) is 2.05. The predicted molar refractivity (Wildman–Crippen MR) is 70.5 cm³/mol. The molecule has 0 aliphatic carbocycles. The average molecular weight is 240 g/mol. The Hall–Kier alpha value is -1.87. The second-order valence-electron chi connectivity index (χ2n) is 4.73. The van der Waals surface area contributed by atoms with Gasteiger partial charge in [0.15, 0.2) is 0 Å². The van der Waals surface area contributed by atoms with Crippen LogP contribution in [0, 0.1) is 6.92 Å². The van der Waals surface area contributed by atoms with Gasteiger partial charge in [-0.05, 0) is 35.7 Å². The minimum absolute atomic E-state index is 0.00491. The van der Waals surface area contributed by atoms with Gasteiger partial charge in [-0.15, -0.1) is 0 Å². The Kier molecular flexibility index (Phi) is 2.76. The number of nitrogens with zero attached hydrogens (tertiary/aromatic N) is 1. The van der Waals surface area contributed by atoms with Gasteiger partial charge in [0.2, 0.25) is 0 Å². The summed E-state index contributed by atoms with van der Waals surface area (Å²) in [5.74, 6) is 0.958. The monoisotopic (exact) mass is 240 g/mol. The van der Waals surface area contributed by atoms with Crippen LogP contribution in [-0.2, 0) is 6.42 Å². The molecule has 3 nitrogen and oxygen atoms in total. The van der Waals surface area contributed by atoms with E-state index >= 15 is 0 Å². The number of rotatable bonds is 2. The molecule has 1 aromatic heterocycles. The smallest absolute Gasteiger partial charge is 0.123 e. The minimum atomic E-state index is -0.133. The lowest BCUT2D eigenvalue weighted by atomic mass is 9.97. The topological polar surface area (TPSA) is 48.1 Å². The van der Waals surface area contributed by atoms with Gasteiger partial charge < -0.3 is 10.5 Å². The lowest BCUT2D eigenvalue weighted by Gasteiger charge is -2.20. The molecule has 92 valence electrons. The highest BCUT2D eigenvalue weighted by Crippen LogP contribution is 2.33. The second-order valence-corrected chi connectivity index (χ2v) is 4.73. The zero-order chi connectivity index (χ0) is 12.5. The van der Waals surface area contributed by atoms with Crippen molar-refractivity contribution in [2.75, 3.05) is 0 Å². The normalized spacial score (nSPS) is 19.1. The first kappa shape index (κ1) is 11.2. The molecule has 0 bridgehead atoms. The molecule has 3 heteroatoms. The Balaban J connectivity index is 1.85. The van der Waals surface area contributed by atoms with Gasteiger partial charge in [0.05, 0.1) is 6.04 Å². The van der Waals surface area contributed by atoms with Gasteiger partial charge in [0.1, 0.15) is 11.9 Å². The Morgan fingerprint density at radius 1 is 1.33 bits per heavy atom. The summed E-state index contributed by atoms with van der Waals surface area (Å²) >= 11 is 0. The Morgan fingerprint density at radius 2 is 2.17 bits per heavy atom. The van der Waals surface area contributed by atoms with Crippen molar-refractivity contribution in [1.82, 2.24) is 4.98 Å². The molecule has 2 aromatic rings. The quantitative estimate of drug-likeness (QED) is 0.876. The number of hydrogen-bond acceptors (Lipinski definition) is 3. The minimum Gasteiger partial charge on any atom is -0.488 e. The molecule has 1 aliphatic rings. The van der Waals surface area contributed by atoms with Crippen LogP contribution < -0.4 is 10.5 Å². The molecule has 2 heterocycles. The first-order chi connectivity index (χ1) is 8.75. The van der Waals surface area contributed by atoms with E-state index in [0.29, 0.717) is 0 Å². The fourth-order valence-electron chi connectivity index (χ4n) is 2.43. The molecule has 2 atom stereocenters. The van der Waals surface area contributed by atoms with E-state index in [-0.39, 0.29) is 12.1 Å². The van der Waals surface area contributed by atoms with Gasteiger partial charge in [0.25, 0.3) is 0 Å². The molecular weight excluding hydrogens is 224 g/mol. The van der Waals surface area contributed by atoms with Crippen LogP contribution >= 0.6 is 0 Å². The first-order valence-electron chi connectivity index (χ1n) is 6.16. The van der Waals surface area contributed by atoms with E-state index in [1.54, 1.807) is 6.20 Å². The molecule has 0 radical (unpaired) electrons. The lowest BCUT2D eigenvalue weighted by Crippen LogP contribution is -2.30. The molecule has 18 heavy (non-hydrogen) atoms. The summed E-state index contributed by atoms with van der Waals surface area (Å²) in [5, 5.41) is 0. The number of ether oxygens (including phenoxy) is 1. The van der Waals surface area contributed by atoms with Gasteiger partial charge in [-0.25, -0.2) is 0 Å². The van der Waals surface area contributed by atoms with Crippen LogP contribution in [0.3, 0.4) is 0 Å². The highest BCUT2D eigenvalue weighted by Gasteiger charge is 2.29.